The van der Waals surface area contributed by atoms with Crippen molar-refractivity contribution in [2.75, 3.05) is 31.5 Å². The molecule has 0 spiro atoms. The Labute approximate surface area is 159 Å². The van der Waals surface area contributed by atoms with E-state index in [-0.39, 0.29) is 16.1 Å². The van der Waals surface area contributed by atoms with E-state index in [4.69, 9.17) is 0 Å². The Morgan fingerprint density at radius 3 is 2.50 bits per heavy atom. The van der Waals surface area contributed by atoms with Crippen LogP contribution in [-0.2, 0) is 14.8 Å². The van der Waals surface area contributed by atoms with Gasteiger partial charge in [-0.1, -0.05) is 12.8 Å². The molecule has 1 aromatic carbocycles. The van der Waals surface area contributed by atoms with Crippen molar-refractivity contribution in [3.05, 3.63) is 18.2 Å². The molecule has 2 aliphatic heterocycles. The third-order valence-electron chi connectivity index (χ3n) is 5.63. The van der Waals surface area contributed by atoms with Crippen LogP contribution in [-0.4, -0.2) is 61.0 Å². The molecule has 8 heteroatoms. The number of carbonyl (C=O) groups excluding carboxylic acids is 1. The number of fused-ring (bicyclic) bond motifs is 1. The summed E-state index contributed by atoms with van der Waals surface area (Å²) < 4.78 is 27.7. The van der Waals surface area contributed by atoms with Gasteiger partial charge < -0.3 is 5.32 Å². The fraction of sp³-hybridized carbons (Fsp3) is 0.611. The predicted octanol–water partition coefficient (Wildman–Crippen LogP) is 2.37. The summed E-state index contributed by atoms with van der Waals surface area (Å²) in [5.74, 6) is -0.0813. The highest BCUT2D eigenvalue weighted by molar-refractivity contribution is 8.01. The van der Waals surface area contributed by atoms with Gasteiger partial charge in [-0.3, -0.25) is 9.69 Å². The maximum atomic E-state index is 13.0. The van der Waals surface area contributed by atoms with Gasteiger partial charge >= 0.3 is 0 Å². The van der Waals surface area contributed by atoms with Crippen LogP contribution in [0.5, 0.6) is 0 Å². The van der Waals surface area contributed by atoms with E-state index >= 15 is 0 Å². The zero-order valence-corrected chi connectivity index (χ0v) is 16.6. The summed E-state index contributed by atoms with van der Waals surface area (Å²) in [6, 6.07) is 5.70. The van der Waals surface area contributed by atoms with Gasteiger partial charge in [0.25, 0.3) is 0 Å². The number of hydrogen-bond donors (Lipinski definition) is 1. The van der Waals surface area contributed by atoms with Gasteiger partial charge in [0.1, 0.15) is 0 Å². The topological polar surface area (TPSA) is 69.7 Å². The van der Waals surface area contributed by atoms with Crippen LogP contribution in [0, 0.1) is 0 Å². The van der Waals surface area contributed by atoms with E-state index in [0.717, 1.165) is 18.0 Å². The van der Waals surface area contributed by atoms with Crippen molar-refractivity contribution < 1.29 is 13.2 Å². The largest absolute Gasteiger partial charge is 0.324 e. The molecule has 0 aromatic heterocycles. The van der Waals surface area contributed by atoms with Crippen LogP contribution < -0.4 is 5.32 Å². The number of amides is 1. The van der Waals surface area contributed by atoms with Crippen LogP contribution in [0.3, 0.4) is 0 Å². The Morgan fingerprint density at radius 2 is 1.81 bits per heavy atom. The van der Waals surface area contributed by atoms with Gasteiger partial charge in [-0.2, -0.15) is 4.31 Å². The Morgan fingerprint density at radius 1 is 1.12 bits per heavy atom. The van der Waals surface area contributed by atoms with Gasteiger partial charge in [-0.05, 0) is 38.0 Å². The number of carbonyl (C=O) groups is 1. The fourth-order valence-corrected chi connectivity index (χ4v) is 6.46. The summed E-state index contributed by atoms with van der Waals surface area (Å²) >= 11 is 1.46. The van der Waals surface area contributed by atoms with E-state index in [1.807, 2.05) is 6.92 Å². The van der Waals surface area contributed by atoms with E-state index < -0.39 is 10.0 Å². The molecule has 1 saturated heterocycles. The second-order valence-electron chi connectivity index (χ2n) is 7.29. The van der Waals surface area contributed by atoms with Crippen molar-refractivity contribution in [3.8, 4) is 0 Å². The summed E-state index contributed by atoms with van der Waals surface area (Å²) in [6.07, 6.45) is 5.07. The molecule has 2 fully saturated rings. The lowest BCUT2D eigenvalue weighted by Gasteiger charge is -2.37. The minimum Gasteiger partial charge on any atom is -0.324 e. The van der Waals surface area contributed by atoms with Gasteiger partial charge in [0.2, 0.25) is 15.9 Å². The lowest BCUT2D eigenvalue weighted by Crippen LogP contribution is -2.51. The maximum Gasteiger partial charge on any atom is 0.243 e. The first-order valence-electron chi connectivity index (χ1n) is 9.31. The van der Waals surface area contributed by atoms with E-state index in [0.29, 0.717) is 24.8 Å². The van der Waals surface area contributed by atoms with E-state index in [9.17, 15) is 13.2 Å². The van der Waals surface area contributed by atoms with Crippen molar-refractivity contribution in [1.29, 1.82) is 0 Å². The molecule has 1 N–H and O–H groups in total. The third-order valence-corrected chi connectivity index (χ3v) is 8.71. The van der Waals surface area contributed by atoms with Crippen LogP contribution in [0.1, 0.15) is 32.6 Å². The van der Waals surface area contributed by atoms with Gasteiger partial charge in [-0.25, -0.2) is 8.42 Å². The number of sulfonamides is 1. The first-order chi connectivity index (χ1) is 12.4. The molecule has 1 aromatic rings. The zero-order valence-electron chi connectivity index (χ0n) is 15.0. The molecule has 0 radical (unpaired) electrons. The minimum absolute atomic E-state index is 0.0813. The molecule has 1 saturated carbocycles. The molecule has 0 bridgehead atoms. The number of rotatable bonds is 3. The first-order valence-corrected chi connectivity index (χ1v) is 11.6. The van der Waals surface area contributed by atoms with Gasteiger partial charge in [-0.15, -0.1) is 11.8 Å². The highest BCUT2D eigenvalue weighted by Crippen LogP contribution is 2.37. The Bertz CT molecular complexity index is 798. The smallest absolute Gasteiger partial charge is 0.243 e. The van der Waals surface area contributed by atoms with Crippen molar-refractivity contribution in [2.24, 2.45) is 0 Å². The van der Waals surface area contributed by atoms with Crippen LogP contribution in [0.4, 0.5) is 5.69 Å². The Balaban J connectivity index is 1.49. The first kappa shape index (κ1) is 18.3. The number of thioether (sulfide) groups is 1. The summed E-state index contributed by atoms with van der Waals surface area (Å²) in [5.41, 5.74) is 0.601. The summed E-state index contributed by atoms with van der Waals surface area (Å²) in [6.45, 7) is 4.53. The molecule has 1 amide bonds. The highest BCUT2D eigenvalue weighted by Gasteiger charge is 2.33. The second kappa shape index (κ2) is 7.14. The van der Waals surface area contributed by atoms with E-state index in [1.165, 1.54) is 37.4 Å². The highest BCUT2D eigenvalue weighted by atomic mass is 32.2. The number of piperazine rings is 1. The Kier molecular flexibility index (Phi) is 5.02. The van der Waals surface area contributed by atoms with Crippen molar-refractivity contribution in [1.82, 2.24) is 9.21 Å². The molecule has 3 aliphatic rings. The maximum absolute atomic E-state index is 13.0. The van der Waals surface area contributed by atoms with Crippen molar-refractivity contribution in [3.63, 3.8) is 0 Å². The van der Waals surface area contributed by atoms with Crippen molar-refractivity contribution in [2.45, 2.75) is 53.7 Å². The summed E-state index contributed by atoms with van der Waals surface area (Å²) in [5, 5.41) is 2.66. The van der Waals surface area contributed by atoms with Crippen molar-refractivity contribution >= 4 is 33.4 Å². The minimum atomic E-state index is -3.53. The molecular weight excluding hydrogens is 370 g/mol. The zero-order chi connectivity index (χ0) is 18.3. The molecular formula is C18H25N3O3S2. The lowest BCUT2D eigenvalue weighted by molar-refractivity contribution is -0.115. The number of nitrogens with zero attached hydrogens (tertiary/aromatic N) is 2. The van der Waals surface area contributed by atoms with Gasteiger partial charge in [0.05, 0.1) is 15.8 Å². The van der Waals surface area contributed by atoms with Crippen LogP contribution in [0.2, 0.25) is 0 Å². The number of anilines is 1. The molecule has 1 aliphatic carbocycles. The lowest BCUT2D eigenvalue weighted by atomic mass is 10.2. The van der Waals surface area contributed by atoms with E-state index in [1.54, 1.807) is 22.5 Å². The molecule has 142 valence electrons. The van der Waals surface area contributed by atoms with E-state index in [2.05, 4.69) is 10.2 Å². The Hall–Kier alpha value is -1.09. The number of hydrogen-bond acceptors (Lipinski definition) is 5. The number of benzene rings is 1. The average Bonchev–Trinajstić information content (AvgIpc) is 3.17. The third kappa shape index (κ3) is 3.40. The second-order valence-corrected chi connectivity index (χ2v) is 10.6. The predicted molar refractivity (Wildman–Crippen MR) is 103 cm³/mol. The SMILES string of the molecule is C[C@H]1Sc2ccc(S(=O)(=O)N3CCN(C4CCCC4)CC3)cc2NC1=O. The summed E-state index contributed by atoms with van der Waals surface area (Å²) in [7, 11) is -3.53. The molecule has 1 atom stereocenters. The van der Waals surface area contributed by atoms with Crippen LogP contribution in [0.15, 0.2) is 28.0 Å². The monoisotopic (exact) mass is 395 g/mol. The van der Waals surface area contributed by atoms with Gasteiger partial charge in [0.15, 0.2) is 0 Å². The quantitative estimate of drug-likeness (QED) is 0.851. The number of nitrogens with one attached hydrogen (secondary N) is 1. The molecule has 2 heterocycles. The standard InChI is InChI=1S/C18H25N3O3S2/c1-13-18(22)19-16-12-15(6-7-17(16)25-13)26(23,24)21-10-8-20(9-11-21)14-4-2-3-5-14/h6-7,12-14H,2-5,8-11H2,1H3,(H,19,22)/t13-/m1/s1. The molecule has 0 unspecified atom stereocenters. The molecule has 4 rings (SSSR count). The normalized spacial score (nSPS) is 25.9. The van der Waals surface area contributed by atoms with Crippen LogP contribution >= 0.6 is 11.8 Å². The molecule has 26 heavy (non-hydrogen) atoms. The van der Waals surface area contributed by atoms with Gasteiger partial charge in [0, 0.05) is 37.1 Å². The fourth-order valence-electron chi connectivity index (χ4n) is 4.08. The molecule has 6 nitrogen and oxygen atoms in total. The van der Waals surface area contributed by atoms with Crippen LogP contribution in [0.25, 0.3) is 0 Å². The average molecular weight is 396 g/mol. The summed E-state index contributed by atoms with van der Waals surface area (Å²) in [4.78, 5) is 15.5.